The fraction of sp³-hybridized carbons (Fsp3) is 0.263. The van der Waals surface area contributed by atoms with Gasteiger partial charge in [-0.25, -0.2) is 4.79 Å². The first-order valence-electron chi connectivity index (χ1n) is 8.22. The van der Waals surface area contributed by atoms with Gasteiger partial charge in [0, 0.05) is 25.2 Å². The van der Waals surface area contributed by atoms with E-state index in [1.54, 1.807) is 20.2 Å². The van der Waals surface area contributed by atoms with Crippen LogP contribution in [0.5, 0.6) is 11.5 Å². The van der Waals surface area contributed by atoms with Crippen molar-refractivity contribution < 1.29 is 28.7 Å². The van der Waals surface area contributed by atoms with Crippen LogP contribution in [-0.2, 0) is 16.1 Å². The second-order valence-electron chi connectivity index (χ2n) is 5.78. The van der Waals surface area contributed by atoms with E-state index in [0.717, 1.165) is 11.6 Å². The zero-order valence-corrected chi connectivity index (χ0v) is 15.7. The van der Waals surface area contributed by atoms with Gasteiger partial charge in [0.2, 0.25) is 0 Å². The molecule has 0 aliphatic heterocycles. The number of nitro benzene ring substituents is 1. The summed E-state index contributed by atoms with van der Waals surface area (Å²) in [6.07, 6.45) is 0. The van der Waals surface area contributed by atoms with Gasteiger partial charge in [0.15, 0.2) is 12.4 Å². The number of amides is 1. The van der Waals surface area contributed by atoms with Crippen molar-refractivity contribution >= 4 is 17.6 Å². The van der Waals surface area contributed by atoms with E-state index in [9.17, 15) is 19.7 Å². The predicted molar refractivity (Wildman–Crippen MR) is 99.4 cm³/mol. The quantitative estimate of drug-likeness (QED) is 0.388. The number of nitrogens with zero attached hydrogens (tertiary/aromatic N) is 2. The number of hydrogen-bond acceptors (Lipinski definition) is 7. The molecule has 0 unspecified atom stereocenters. The van der Waals surface area contributed by atoms with Crippen LogP contribution in [0.1, 0.15) is 15.9 Å². The number of ether oxygens (including phenoxy) is 3. The number of methoxy groups -OCH3 is 2. The minimum absolute atomic E-state index is 0.0150. The third kappa shape index (κ3) is 4.97. The van der Waals surface area contributed by atoms with E-state index >= 15 is 0 Å². The van der Waals surface area contributed by atoms with Crippen LogP contribution in [-0.4, -0.2) is 49.6 Å². The van der Waals surface area contributed by atoms with Crippen molar-refractivity contribution in [3.63, 3.8) is 0 Å². The zero-order valence-electron chi connectivity index (χ0n) is 15.7. The summed E-state index contributed by atoms with van der Waals surface area (Å²) in [4.78, 5) is 35.8. The molecule has 0 fully saturated rings. The minimum atomic E-state index is -0.706. The number of hydrogen-bond donors (Lipinski definition) is 0. The van der Waals surface area contributed by atoms with E-state index in [1.807, 2.05) is 18.2 Å². The first kappa shape index (κ1) is 20.7. The van der Waals surface area contributed by atoms with E-state index < -0.39 is 23.2 Å². The first-order chi connectivity index (χ1) is 13.4. The topological polar surface area (TPSA) is 108 Å². The fourth-order valence-corrected chi connectivity index (χ4v) is 2.45. The Bertz CT molecular complexity index is 882. The number of carbonyl (C=O) groups excluding carboxylic acids is 2. The van der Waals surface area contributed by atoms with Gasteiger partial charge in [0.25, 0.3) is 5.91 Å². The molecular weight excluding hydrogens is 368 g/mol. The molecule has 0 aromatic heterocycles. The van der Waals surface area contributed by atoms with Crippen LogP contribution in [0.4, 0.5) is 5.69 Å². The summed E-state index contributed by atoms with van der Waals surface area (Å²) in [6, 6.07) is 10.9. The third-order valence-corrected chi connectivity index (χ3v) is 3.95. The Morgan fingerprint density at radius 1 is 1.11 bits per heavy atom. The highest BCUT2D eigenvalue weighted by atomic mass is 16.6. The molecule has 9 heteroatoms. The Labute approximate surface area is 161 Å². The largest absolute Gasteiger partial charge is 0.496 e. The lowest BCUT2D eigenvalue weighted by Crippen LogP contribution is -2.31. The Hall–Kier alpha value is -3.62. The van der Waals surface area contributed by atoms with E-state index in [0.29, 0.717) is 5.75 Å². The molecule has 2 aromatic carbocycles. The average Bonchev–Trinajstić information content (AvgIpc) is 2.71. The van der Waals surface area contributed by atoms with Crippen LogP contribution in [0.2, 0.25) is 0 Å². The highest BCUT2D eigenvalue weighted by Gasteiger charge is 2.21. The molecule has 9 nitrogen and oxygen atoms in total. The molecule has 0 spiro atoms. The van der Waals surface area contributed by atoms with Gasteiger partial charge in [0.05, 0.1) is 24.7 Å². The van der Waals surface area contributed by atoms with Gasteiger partial charge < -0.3 is 19.1 Å². The van der Waals surface area contributed by atoms with Crippen molar-refractivity contribution in [3.05, 3.63) is 63.7 Å². The van der Waals surface area contributed by atoms with E-state index in [2.05, 4.69) is 4.74 Å². The van der Waals surface area contributed by atoms with Gasteiger partial charge >= 0.3 is 11.7 Å². The molecule has 1 amide bonds. The molecule has 0 bridgehead atoms. The van der Waals surface area contributed by atoms with Gasteiger partial charge in [-0.05, 0) is 18.2 Å². The molecule has 0 saturated carbocycles. The van der Waals surface area contributed by atoms with Gasteiger partial charge in [-0.1, -0.05) is 18.2 Å². The van der Waals surface area contributed by atoms with Gasteiger partial charge in [-0.15, -0.1) is 0 Å². The number of rotatable bonds is 8. The number of nitro groups is 1. The number of carbonyl (C=O) groups is 2. The van der Waals surface area contributed by atoms with E-state index in [1.165, 1.54) is 24.1 Å². The number of para-hydroxylation sites is 1. The van der Waals surface area contributed by atoms with Gasteiger partial charge in [-0.3, -0.25) is 14.9 Å². The SMILES string of the molecule is COC(=O)c1ccc(OCC(=O)N(C)Cc2ccccc2OC)c([N+](=O)[O-])c1. The standard InChI is InChI=1S/C19H20N2O7/c1-20(11-14-6-4-5-7-16(14)26-2)18(22)12-28-17-9-8-13(19(23)27-3)10-15(17)21(24)25/h4-10H,11-12H2,1-3H3. The van der Waals surface area contributed by atoms with Crippen molar-refractivity contribution in [2.45, 2.75) is 6.54 Å². The van der Waals surface area contributed by atoms with Crippen LogP contribution in [0.3, 0.4) is 0 Å². The second-order valence-corrected chi connectivity index (χ2v) is 5.78. The monoisotopic (exact) mass is 388 g/mol. The Balaban J connectivity index is 2.07. The highest BCUT2D eigenvalue weighted by molar-refractivity contribution is 5.90. The molecule has 0 atom stereocenters. The minimum Gasteiger partial charge on any atom is -0.496 e. The molecule has 0 heterocycles. The van der Waals surface area contributed by atoms with Crippen LogP contribution in [0.25, 0.3) is 0 Å². The summed E-state index contributed by atoms with van der Waals surface area (Å²) in [5.41, 5.74) is 0.401. The second kappa shape index (κ2) is 9.36. The number of benzene rings is 2. The maximum Gasteiger partial charge on any atom is 0.338 e. The first-order valence-corrected chi connectivity index (χ1v) is 8.22. The Kier molecular flexibility index (Phi) is 6.91. The van der Waals surface area contributed by atoms with Gasteiger partial charge in [-0.2, -0.15) is 0 Å². The van der Waals surface area contributed by atoms with Crippen LogP contribution in [0, 0.1) is 10.1 Å². The number of esters is 1. The smallest absolute Gasteiger partial charge is 0.338 e. The summed E-state index contributed by atoms with van der Waals surface area (Å²) in [6.45, 7) is -0.111. The lowest BCUT2D eigenvalue weighted by molar-refractivity contribution is -0.385. The average molecular weight is 388 g/mol. The van der Waals surface area contributed by atoms with Crippen molar-refractivity contribution in [1.29, 1.82) is 0 Å². The van der Waals surface area contributed by atoms with Crippen LogP contribution in [0.15, 0.2) is 42.5 Å². The third-order valence-electron chi connectivity index (χ3n) is 3.95. The molecule has 0 radical (unpaired) electrons. The molecule has 0 aliphatic carbocycles. The fourth-order valence-electron chi connectivity index (χ4n) is 2.45. The molecule has 0 aliphatic rings. The van der Waals surface area contributed by atoms with Crippen molar-refractivity contribution in [3.8, 4) is 11.5 Å². The van der Waals surface area contributed by atoms with Crippen LogP contribution >= 0.6 is 0 Å². The maximum absolute atomic E-state index is 12.3. The normalized spacial score (nSPS) is 10.1. The summed E-state index contributed by atoms with van der Waals surface area (Å²) < 4.78 is 15.1. The summed E-state index contributed by atoms with van der Waals surface area (Å²) in [7, 11) is 4.31. The summed E-state index contributed by atoms with van der Waals surface area (Å²) in [5.74, 6) is -0.548. The lowest BCUT2D eigenvalue weighted by Gasteiger charge is -2.19. The molecule has 28 heavy (non-hydrogen) atoms. The summed E-state index contributed by atoms with van der Waals surface area (Å²) in [5, 5.41) is 11.2. The molecule has 0 N–H and O–H groups in total. The van der Waals surface area contributed by atoms with Crippen molar-refractivity contribution in [2.75, 3.05) is 27.9 Å². The van der Waals surface area contributed by atoms with Crippen molar-refractivity contribution in [1.82, 2.24) is 4.90 Å². The van der Waals surface area contributed by atoms with Crippen LogP contribution < -0.4 is 9.47 Å². The molecule has 2 rings (SSSR count). The molecule has 148 valence electrons. The zero-order chi connectivity index (χ0) is 20.7. The predicted octanol–water partition coefficient (Wildman–Crippen LogP) is 2.43. The highest BCUT2D eigenvalue weighted by Crippen LogP contribution is 2.28. The summed E-state index contributed by atoms with van der Waals surface area (Å²) >= 11 is 0. The molecule has 2 aromatic rings. The van der Waals surface area contributed by atoms with E-state index in [-0.39, 0.29) is 23.8 Å². The Morgan fingerprint density at radius 2 is 1.82 bits per heavy atom. The van der Waals surface area contributed by atoms with Crippen molar-refractivity contribution in [2.24, 2.45) is 0 Å². The van der Waals surface area contributed by atoms with E-state index in [4.69, 9.17) is 9.47 Å². The Morgan fingerprint density at radius 3 is 2.46 bits per heavy atom. The van der Waals surface area contributed by atoms with Gasteiger partial charge in [0.1, 0.15) is 5.75 Å². The lowest BCUT2D eigenvalue weighted by atomic mass is 10.2. The maximum atomic E-state index is 12.3. The molecular formula is C19H20N2O7. The number of likely N-dealkylation sites (N-methyl/N-ethyl adjacent to an activating group) is 1. The molecule has 0 saturated heterocycles.